The quantitative estimate of drug-likeness (QED) is 0.537. The summed E-state index contributed by atoms with van der Waals surface area (Å²) < 4.78 is 0. The van der Waals surface area contributed by atoms with Gasteiger partial charge in [-0.2, -0.15) is 0 Å². The third-order valence-corrected chi connectivity index (χ3v) is 10.4. The summed E-state index contributed by atoms with van der Waals surface area (Å²) in [6, 6.07) is 0. The van der Waals surface area contributed by atoms with Gasteiger partial charge >= 0.3 is 0 Å². The van der Waals surface area contributed by atoms with Crippen LogP contribution in [-0.2, 0) is 0 Å². The minimum Gasteiger partial charge on any atom is -0.393 e. The van der Waals surface area contributed by atoms with E-state index in [4.69, 9.17) is 0 Å². The number of rotatable bonds is 4. The Morgan fingerprint density at radius 3 is 2.34 bits per heavy atom. The van der Waals surface area contributed by atoms with Gasteiger partial charge in [0.1, 0.15) is 0 Å². The SMILES string of the molecule is C/C(=C\CCC(C)C)C1CCC2C3CC(O)C4CC(O)CCC4(C)C3CCC12C. The number of hydrogen-bond acceptors (Lipinski definition) is 2. The predicted octanol–water partition coefficient (Wildman–Crippen LogP) is 6.36. The highest BCUT2D eigenvalue weighted by atomic mass is 16.3. The number of fused-ring (bicyclic) bond motifs is 5. The molecule has 29 heavy (non-hydrogen) atoms. The molecule has 0 saturated heterocycles. The minimum absolute atomic E-state index is 0.192. The lowest BCUT2D eigenvalue weighted by atomic mass is 9.44. The molecule has 0 aliphatic heterocycles. The lowest BCUT2D eigenvalue weighted by Crippen LogP contribution is -2.58. The van der Waals surface area contributed by atoms with E-state index < -0.39 is 0 Å². The minimum atomic E-state index is -0.208. The second-order valence-electron chi connectivity index (χ2n) is 12.3. The highest BCUT2D eigenvalue weighted by Crippen LogP contribution is 2.68. The fraction of sp³-hybridized carbons (Fsp3) is 0.926. The molecule has 166 valence electrons. The zero-order chi connectivity index (χ0) is 21.0. The molecular formula is C27H46O2. The van der Waals surface area contributed by atoms with Crippen LogP contribution >= 0.6 is 0 Å². The largest absolute Gasteiger partial charge is 0.393 e. The summed E-state index contributed by atoms with van der Waals surface area (Å²) in [5.41, 5.74) is 2.31. The van der Waals surface area contributed by atoms with Crippen molar-refractivity contribution in [1.29, 1.82) is 0 Å². The molecule has 4 saturated carbocycles. The van der Waals surface area contributed by atoms with Gasteiger partial charge in [-0.1, -0.05) is 39.3 Å². The van der Waals surface area contributed by atoms with Gasteiger partial charge in [-0.05, 0) is 117 Å². The Kier molecular flexibility index (Phi) is 6.01. The van der Waals surface area contributed by atoms with Gasteiger partial charge in [0, 0.05) is 0 Å². The van der Waals surface area contributed by atoms with Crippen molar-refractivity contribution in [3.8, 4) is 0 Å². The van der Waals surface area contributed by atoms with Crippen molar-refractivity contribution in [2.75, 3.05) is 0 Å². The standard InChI is InChI=1S/C27H46O2/c1-17(2)7-6-8-18(3)21-9-10-22-20-16-25(29)24-15-19(28)11-13-27(24,5)23(20)12-14-26(21,22)4/h8,17,19-25,28-29H,6-7,9-16H2,1-5H3/b18-8+. The van der Waals surface area contributed by atoms with E-state index in [1.807, 2.05) is 0 Å². The molecule has 0 heterocycles. The molecule has 0 bridgehead atoms. The fourth-order valence-corrected chi connectivity index (χ4v) is 8.81. The molecule has 2 nitrogen and oxygen atoms in total. The lowest BCUT2D eigenvalue weighted by molar-refractivity contribution is -0.169. The van der Waals surface area contributed by atoms with E-state index in [1.165, 1.54) is 38.5 Å². The van der Waals surface area contributed by atoms with Crippen molar-refractivity contribution in [2.45, 2.75) is 111 Å². The van der Waals surface area contributed by atoms with Gasteiger partial charge in [0.2, 0.25) is 0 Å². The molecular weight excluding hydrogens is 356 g/mol. The molecule has 9 unspecified atom stereocenters. The maximum absolute atomic E-state index is 11.2. The summed E-state index contributed by atoms with van der Waals surface area (Å²) in [5, 5.41) is 21.4. The summed E-state index contributed by atoms with van der Waals surface area (Å²) >= 11 is 0. The first kappa shape index (κ1) is 21.9. The fourth-order valence-electron chi connectivity index (χ4n) is 8.81. The van der Waals surface area contributed by atoms with E-state index in [0.717, 1.165) is 49.4 Å². The van der Waals surface area contributed by atoms with E-state index in [2.05, 4.69) is 40.7 Å². The first-order valence-corrected chi connectivity index (χ1v) is 12.7. The average molecular weight is 403 g/mol. The van der Waals surface area contributed by atoms with Crippen molar-refractivity contribution in [3.05, 3.63) is 11.6 Å². The first-order valence-electron chi connectivity index (χ1n) is 12.7. The van der Waals surface area contributed by atoms with Crippen LogP contribution in [0.25, 0.3) is 0 Å². The van der Waals surface area contributed by atoms with Crippen molar-refractivity contribution < 1.29 is 10.2 Å². The molecule has 0 aromatic heterocycles. The van der Waals surface area contributed by atoms with Gasteiger partial charge in [0.15, 0.2) is 0 Å². The highest BCUT2D eigenvalue weighted by Gasteiger charge is 2.62. The number of aliphatic hydroxyl groups is 2. The smallest absolute Gasteiger partial charge is 0.0577 e. The van der Waals surface area contributed by atoms with Gasteiger partial charge < -0.3 is 10.2 Å². The summed E-state index contributed by atoms with van der Waals surface area (Å²) in [5.74, 6) is 4.06. The van der Waals surface area contributed by atoms with Crippen LogP contribution in [0.4, 0.5) is 0 Å². The molecule has 4 aliphatic rings. The maximum atomic E-state index is 11.2. The summed E-state index contributed by atoms with van der Waals surface area (Å²) in [6.45, 7) is 12.1. The molecule has 0 amide bonds. The molecule has 4 rings (SSSR count). The highest BCUT2D eigenvalue weighted by molar-refractivity contribution is 5.17. The average Bonchev–Trinajstić information content (AvgIpc) is 3.00. The Morgan fingerprint density at radius 2 is 1.62 bits per heavy atom. The van der Waals surface area contributed by atoms with Crippen LogP contribution in [0, 0.1) is 46.3 Å². The number of hydrogen-bond donors (Lipinski definition) is 2. The van der Waals surface area contributed by atoms with E-state index in [1.54, 1.807) is 5.57 Å². The molecule has 4 aliphatic carbocycles. The van der Waals surface area contributed by atoms with Crippen LogP contribution in [0.1, 0.15) is 98.8 Å². The zero-order valence-corrected chi connectivity index (χ0v) is 19.7. The Balaban J connectivity index is 1.54. The van der Waals surface area contributed by atoms with E-state index in [-0.39, 0.29) is 17.6 Å². The monoisotopic (exact) mass is 402 g/mol. The molecule has 0 aromatic carbocycles. The topological polar surface area (TPSA) is 40.5 Å². The molecule has 0 aromatic rings. The molecule has 2 heteroatoms. The molecule has 9 atom stereocenters. The Morgan fingerprint density at radius 1 is 0.931 bits per heavy atom. The molecule has 2 N–H and O–H groups in total. The summed E-state index contributed by atoms with van der Waals surface area (Å²) in [7, 11) is 0. The van der Waals surface area contributed by atoms with Crippen LogP contribution in [0.15, 0.2) is 11.6 Å². The number of allylic oxidation sites excluding steroid dienone is 2. The van der Waals surface area contributed by atoms with Crippen LogP contribution < -0.4 is 0 Å². The number of aliphatic hydroxyl groups excluding tert-OH is 2. The first-order chi connectivity index (χ1) is 13.7. The van der Waals surface area contributed by atoms with Crippen molar-refractivity contribution in [1.82, 2.24) is 0 Å². The van der Waals surface area contributed by atoms with E-state index >= 15 is 0 Å². The summed E-state index contributed by atoms with van der Waals surface area (Å²) in [6.07, 6.45) is 13.9. The maximum Gasteiger partial charge on any atom is 0.0577 e. The zero-order valence-electron chi connectivity index (χ0n) is 19.7. The van der Waals surface area contributed by atoms with Crippen LogP contribution in [0.3, 0.4) is 0 Å². The van der Waals surface area contributed by atoms with Crippen LogP contribution in [0.5, 0.6) is 0 Å². The third kappa shape index (κ3) is 3.65. The summed E-state index contributed by atoms with van der Waals surface area (Å²) in [4.78, 5) is 0. The second-order valence-corrected chi connectivity index (χ2v) is 12.3. The van der Waals surface area contributed by atoms with Crippen molar-refractivity contribution >= 4 is 0 Å². The second kappa shape index (κ2) is 7.97. The van der Waals surface area contributed by atoms with Crippen molar-refractivity contribution in [2.24, 2.45) is 46.3 Å². The van der Waals surface area contributed by atoms with Gasteiger partial charge in [-0.25, -0.2) is 0 Å². The lowest BCUT2D eigenvalue weighted by Gasteiger charge is -2.62. The van der Waals surface area contributed by atoms with Gasteiger partial charge in [0.05, 0.1) is 12.2 Å². The Hall–Kier alpha value is -0.340. The Bertz CT molecular complexity index is 624. The van der Waals surface area contributed by atoms with E-state index in [0.29, 0.717) is 17.3 Å². The molecule has 0 spiro atoms. The van der Waals surface area contributed by atoms with Crippen molar-refractivity contribution in [3.63, 3.8) is 0 Å². The predicted molar refractivity (Wildman–Crippen MR) is 120 cm³/mol. The van der Waals surface area contributed by atoms with Crippen LogP contribution in [0.2, 0.25) is 0 Å². The molecule has 4 fully saturated rings. The molecule has 0 radical (unpaired) electrons. The third-order valence-electron chi connectivity index (χ3n) is 10.4. The van der Waals surface area contributed by atoms with Gasteiger partial charge in [-0.3, -0.25) is 0 Å². The Labute approximate surface area is 179 Å². The normalized spacial score (nSPS) is 50.2. The van der Waals surface area contributed by atoms with E-state index in [9.17, 15) is 10.2 Å². The van der Waals surface area contributed by atoms with Gasteiger partial charge in [-0.15, -0.1) is 0 Å². The van der Waals surface area contributed by atoms with Gasteiger partial charge in [0.25, 0.3) is 0 Å². The van der Waals surface area contributed by atoms with Crippen LogP contribution in [-0.4, -0.2) is 22.4 Å².